The van der Waals surface area contributed by atoms with E-state index in [1.807, 2.05) is 23.9 Å². The minimum atomic E-state index is -0.522. The largest absolute Gasteiger partial charge is 0.497 e. The first-order valence-electron chi connectivity index (χ1n) is 9.00. The zero-order chi connectivity index (χ0) is 21.0. The molecule has 1 aromatic carbocycles. The molecule has 0 spiro atoms. The number of halogens is 1. The number of thiophene rings is 1. The van der Waals surface area contributed by atoms with Crippen molar-refractivity contribution in [3.63, 3.8) is 0 Å². The van der Waals surface area contributed by atoms with Gasteiger partial charge in [-0.05, 0) is 30.3 Å². The van der Waals surface area contributed by atoms with Gasteiger partial charge in [0.15, 0.2) is 0 Å². The highest BCUT2D eigenvalue weighted by atomic mass is 35.5. The van der Waals surface area contributed by atoms with Gasteiger partial charge in [0.1, 0.15) is 10.4 Å². The molecule has 0 radical (unpaired) electrons. The van der Waals surface area contributed by atoms with Crippen LogP contribution < -0.4 is 16.0 Å². The maximum absolute atomic E-state index is 13.3. The summed E-state index contributed by atoms with van der Waals surface area (Å²) in [5.41, 5.74) is 1.54. The van der Waals surface area contributed by atoms with Gasteiger partial charge in [-0.3, -0.25) is 9.78 Å². The van der Waals surface area contributed by atoms with Crippen molar-refractivity contribution in [3.05, 3.63) is 74.8 Å². The van der Waals surface area contributed by atoms with E-state index in [0.717, 1.165) is 25.9 Å². The molecule has 4 heterocycles. The van der Waals surface area contributed by atoms with Gasteiger partial charge in [-0.1, -0.05) is 11.6 Å². The molecule has 0 fully saturated rings. The number of rotatable bonds is 3. The molecule has 0 atom stereocenters. The number of aromatic amines is 1. The van der Waals surface area contributed by atoms with E-state index in [4.69, 9.17) is 16.3 Å². The van der Waals surface area contributed by atoms with E-state index < -0.39 is 11.2 Å². The Labute approximate surface area is 178 Å². The lowest BCUT2D eigenvalue weighted by Crippen LogP contribution is -2.33. The van der Waals surface area contributed by atoms with E-state index in [0.29, 0.717) is 26.7 Å². The molecule has 0 aliphatic rings. The fraction of sp³-hybridized carbons (Fsp3) is 0.0952. The lowest BCUT2D eigenvalue weighted by Gasteiger charge is -2.06. The molecule has 5 rings (SSSR count). The third-order valence-corrected chi connectivity index (χ3v) is 6.53. The normalized spacial score (nSPS) is 11.4. The summed E-state index contributed by atoms with van der Waals surface area (Å²) in [5.74, 6) is 0.652. The van der Waals surface area contributed by atoms with Crippen LogP contribution in [0.5, 0.6) is 5.75 Å². The predicted molar refractivity (Wildman–Crippen MR) is 119 cm³/mol. The molecule has 1 N–H and O–H groups in total. The van der Waals surface area contributed by atoms with Gasteiger partial charge in [0.25, 0.3) is 5.56 Å². The standard InChI is InChI=1S/C21H15ClN4O3S/c1-25-6-5-12-16(25)9-23-10-17(12)26-20(27)19-15(24-21(26)28)8-18(30-19)13-7-11(29-2)3-4-14(13)22/h3-10H,1-2H3,(H,24,28). The molecule has 150 valence electrons. The smallest absolute Gasteiger partial charge is 0.333 e. The molecule has 0 aliphatic carbocycles. The van der Waals surface area contributed by atoms with Crippen molar-refractivity contribution in [1.29, 1.82) is 0 Å². The maximum Gasteiger partial charge on any atom is 0.333 e. The highest BCUT2D eigenvalue weighted by Crippen LogP contribution is 2.37. The molecule has 30 heavy (non-hydrogen) atoms. The Morgan fingerprint density at radius 1 is 1.17 bits per heavy atom. The average Bonchev–Trinajstić information content (AvgIpc) is 3.33. The minimum absolute atomic E-state index is 0.401. The van der Waals surface area contributed by atoms with Crippen molar-refractivity contribution in [3.8, 4) is 21.9 Å². The number of aromatic nitrogens is 4. The van der Waals surface area contributed by atoms with Crippen LogP contribution >= 0.6 is 22.9 Å². The second-order valence-electron chi connectivity index (χ2n) is 6.79. The van der Waals surface area contributed by atoms with Crippen LogP contribution in [0, 0.1) is 0 Å². The molecule has 0 amide bonds. The number of methoxy groups -OCH3 is 1. The van der Waals surface area contributed by atoms with Gasteiger partial charge in [0.2, 0.25) is 0 Å². The third kappa shape index (κ3) is 2.76. The number of hydrogen-bond donors (Lipinski definition) is 1. The van der Waals surface area contributed by atoms with Gasteiger partial charge in [0, 0.05) is 34.1 Å². The summed E-state index contributed by atoms with van der Waals surface area (Å²) in [5, 5.41) is 1.30. The lowest BCUT2D eigenvalue weighted by molar-refractivity contribution is 0.415. The number of nitrogens with one attached hydrogen (secondary N) is 1. The fourth-order valence-corrected chi connectivity index (χ4v) is 4.87. The summed E-state index contributed by atoms with van der Waals surface area (Å²) < 4.78 is 8.73. The molecule has 5 aromatic rings. The van der Waals surface area contributed by atoms with E-state index in [1.165, 1.54) is 17.5 Å². The van der Waals surface area contributed by atoms with Gasteiger partial charge in [0.05, 0.1) is 36.2 Å². The molecule has 4 aromatic heterocycles. The summed E-state index contributed by atoms with van der Waals surface area (Å²) in [6.07, 6.45) is 5.09. The van der Waals surface area contributed by atoms with Gasteiger partial charge >= 0.3 is 5.69 Å². The molecular formula is C21H15ClN4O3S. The quantitative estimate of drug-likeness (QED) is 0.462. The van der Waals surface area contributed by atoms with Gasteiger partial charge < -0.3 is 14.3 Å². The van der Waals surface area contributed by atoms with Gasteiger partial charge in [-0.15, -0.1) is 11.3 Å². The number of fused-ring (bicyclic) bond motifs is 2. The number of benzene rings is 1. The zero-order valence-corrected chi connectivity index (χ0v) is 17.5. The van der Waals surface area contributed by atoms with Crippen LogP contribution in [0.15, 0.2) is 58.5 Å². The lowest BCUT2D eigenvalue weighted by atomic mass is 10.2. The summed E-state index contributed by atoms with van der Waals surface area (Å²) in [7, 11) is 3.46. The second kappa shape index (κ2) is 6.86. The SMILES string of the molecule is COc1ccc(Cl)c(-c2cc3[nH]c(=O)n(-c4cncc5c4ccn5C)c(=O)c3s2)c1. The van der Waals surface area contributed by atoms with E-state index in [9.17, 15) is 9.59 Å². The number of aryl methyl sites for hydroxylation is 1. The molecule has 7 nitrogen and oxygen atoms in total. The Morgan fingerprint density at radius 2 is 2.00 bits per heavy atom. The summed E-state index contributed by atoms with van der Waals surface area (Å²) in [6, 6.07) is 8.93. The van der Waals surface area contributed by atoms with E-state index in [1.54, 1.807) is 37.6 Å². The van der Waals surface area contributed by atoms with Crippen LogP contribution in [-0.4, -0.2) is 26.2 Å². The number of pyridine rings is 1. The molecule has 0 bridgehead atoms. The van der Waals surface area contributed by atoms with Crippen LogP contribution in [0.25, 0.3) is 37.2 Å². The monoisotopic (exact) mass is 438 g/mol. The minimum Gasteiger partial charge on any atom is -0.497 e. The van der Waals surface area contributed by atoms with Crippen LogP contribution in [0.1, 0.15) is 0 Å². The first-order chi connectivity index (χ1) is 14.5. The number of H-pyrrole nitrogens is 1. The van der Waals surface area contributed by atoms with Crippen LogP contribution in [-0.2, 0) is 7.05 Å². The van der Waals surface area contributed by atoms with Gasteiger partial charge in [-0.2, -0.15) is 0 Å². The van der Waals surface area contributed by atoms with Gasteiger partial charge in [-0.25, -0.2) is 9.36 Å². The molecule has 9 heteroatoms. The third-order valence-electron chi connectivity index (χ3n) is 5.04. The first kappa shape index (κ1) is 18.7. The van der Waals surface area contributed by atoms with Crippen molar-refractivity contribution in [1.82, 2.24) is 19.1 Å². The van der Waals surface area contributed by atoms with E-state index in [2.05, 4.69) is 9.97 Å². The summed E-state index contributed by atoms with van der Waals surface area (Å²) >= 11 is 7.64. The van der Waals surface area contributed by atoms with Crippen molar-refractivity contribution in [2.75, 3.05) is 7.11 Å². The molecular weight excluding hydrogens is 424 g/mol. The first-order valence-corrected chi connectivity index (χ1v) is 10.2. The highest BCUT2D eigenvalue weighted by molar-refractivity contribution is 7.22. The van der Waals surface area contributed by atoms with Crippen molar-refractivity contribution in [2.45, 2.75) is 0 Å². The number of nitrogens with zero attached hydrogens (tertiary/aromatic N) is 3. The number of hydrogen-bond acceptors (Lipinski definition) is 5. The van der Waals surface area contributed by atoms with Crippen LogP contribution in [0.3, 0.4) is 0 Å². The molecule has 0 saturated carbocycles. The Bertz CT molecular complexity index is 1560. The second-order valence-corrected chi connectivity index (χ2v) is 8.25. The van der Waals surface area contributed by atoms with Crippen molar-refractivity contribution >= 4 is 44.1 Å². The molecule has 0 unspecified atom stereocenters. The molecule has 0 aliphatic heterocycles. The maximum atomic E-state index is 13.3. The van der Waals surface area contributed by atoms with E-state index >= 15 is 0 Å². The Morgan fingerprint density at radius 3 is 2.80 bits per heavy atom. The highest BCUT2D eigenvalue weighted by Gasteiger charge is 2.17. The van der Waals surface area contributed by atoms with Crippen LogP contribution in [0.4, 0.5) is 0 Å². The van der Waals surface area contributed by atoms with Crippen molar-refractivity contribution < 1.29 is 4.74 Å². The van der Waals surface area contributed by atoms with Crippen molar-refractivity contribution in [2.24, 2.45) is 7.05 Å². The number of ether oxygens (including phenoxy) is 1. The predicted octanol–water partition coefficient (Wildman–Crippen LogP) is 3.96. The topological polar surface area (TPSA) is 81.9 Å². The summed E-state index contributed by atoms with van der Waals surface area (Å²) in [6.45, 7) is 0. The fourth-order valence-electron chi connectivity index (χ4n) is 3.52. The summed E-state index contributed by atoms with van der Waals surface area (Å²) in [4.78, 5) is 33.9. The Kier molecular flexibility index (Phi) is 4.27. The molecule has 0 saturated heterocycles. The Hall–Kier alpha value is -3.36. The average molecular weight is 439 g/mol. The Balaban J connectivity index is 1.77. The van der Waals surface area contributed by atoms with Crippen LogP contribution in [0.2, 0.25) is 5.02 Å². The van der Waals surface area contributed by atoms with E-state index in [-0.39, 0.29) is 0 Å². The zero-order valence-electron chi connectivity index (χ0n) is 16.0.